The maximum atomic E-state index is 12.3. The third kappa shape index (κ3) is 4.64. The van der Waals surface area contributed by atoms with Crippen LogP contribution in [-0.4, -0.2) is 41.4 Å². The fourth-order valence-corrected chi connectivity index (χ4v) is 2.97. The number of phenols is 1. The average molecular weight is 383 g/mol. The van der Waals surface area contributed by atoms with Gasteiger partial charge in [0.2, 0.25) is 0 Å². The average Bonchev–Trinajstić information content (AvgIpc) is 3.02. The molecule has 0 aliphatic carbocycles. The number of hydrogen-bond donors (Lipinski definition) is 4. The Hall–Kier alpha value is -1.79. The van der Waals surface area contributed by atoms with E-state index in [0.717, 1.165) is 6.54 Å². The molecule has 1 atom stereocenters. The van der Waals surface area contributed by atoms with Gasteiger partial charge in [-0.3, -0.25) is 4.79 Å². The van der Waals surface area contributed by atoms with Crippen molar-refractivity contribution in [3.63, 3.8) is 0 Å². The van der Waals surface area contributed by atoms with Gasteiger partial charge in [-0.1, -0.05) is 23.7 Å². The Morgan fingerprint density at radius 1 is 1.28 bits per heavy atom. The van der Waals surface area contributed by atoms with Crippen molar-refractivity contribution in [2.45, 2.75) is 12.0 Å². The van der Waals surface area contributed by atoms with Crippen molar-refractivity contribution in [1.29, 1.82) is 0 Å². The number of amides is 1. The van der Waals surface area contributed by atoms with Crippen LogP contribution >= 0.6 is 24.0 Å². The molecule has 0 spiro atoms. The summed E-state index contributed by atoms with van der Waals surface area (Å²) < 4.78 is 0. The highest BCUT2D eigenvalue weighted by Gasteiger charge is 2.31. The molecule has 1 fully saturated rings. The van der Waals surface area contributed by atoms with E-state index in [1.807, 2.05) is 0 Å². The Labute approximate surface area is 157 Å². The van der Waals surface area contributed by atoms with E-state index in [9.17, 15) is 15.0 Å². The minimum Gasteiger partial charge on any atom is -0.507 e. The Kier molecular flexibility index (Phi) is 6.30. The molecular formula is C18H20Cl2N2O3. The lowest BCUT2D eigenvalue weighted by atomic mass is 10.0. The van der Waals surface area contributed by atoms with Crippen molar-refractivity contribution in [3.05, 3.63) is 53.1 Å². The van der Waals surface area contributed by atoms with E-state index in [1.165, 1.54) is 6.07 Å². The van der Waals surface area contributed by atoms with Crippen LogP contribution < -0.4 is 10.6 Å². The molecule has 25 heavy (non-hydrogen) atoms. The first-order chi connectivity index (χ1) is 11.5. The Morgan fingerprint density at radius 2 is 2.08 bits per heavy atom. The van der Waals surface area contributed by atoms with Gasteiger partial charge in [0.15, 0.2) is 0 Å². The SMILES string of the molecule is Cl.O=C(NCC1(O)CCNC1)c1cccc(-c2cc(Cl)ccc2O)c1. The molecule has 0 radical (unpaired) electrons. The van der Waals surface area contributed by atoms with Crippen molar-refractivity contribution in [2.24, 2.45) is 0 Å². The summed E-state index contributed by atoms with van der Waals surface area (Å²) in [6.07, 6.45) is 0.615. The molecule has 0 saturated carbocycles. The van der Waals surface area contributed by atoms with Gasteiger partial charge in [0.1, 0.15) is 5.75 Å². The molecule has 0 aromatic heterocycles. The monoisotopic (exact) mass is 382 g/mol. The lowest BCUT2D eigenvalue weighted by molar-refractivity contribution is 0.0562. The van der Waals surface area contributed by atoms with Gasteiger partial charge in [-0.15, -0.1) is 12.4 Å². The fraction of sp³-hybridized carbons (Fsp3) is 0.278. The summed E-state index contributed by atoms with van der Waals surface area (Å²) in [5.74, 6) is -0.165. The minimum absolute atomic E-state index is 0. The molecule has 1 unspecified atom stereocenters. The maximum Gasteiger partial charge on any atom is 0.251 e. The number of carbonyl (C=O) groups excluding carboxylic acids is 1. The van der Waals surface area contributed by atoms with Gasteiger partial charge >= 0.3 is 0 Å². The number of β-amino-alcohol motifs (C(OH)–C–C–N with tert-alkyl or cyclic N) is 1. The van der Waals surface area contributed by atoms with Gasteiger partial charge in [-0.25, -0.2) is 0 Å². The molecular weight excluding hydrogens is 363 g/mol. The van der Waals surface area contributed by atoms with Gasteiger partial charge in [-0.2, -0.15) is 0 Å². The Morgan fingerprint density at radius 3 is 2.80 bits per heavy atom. The number of carbonyl (C=O) groups is 1. The number of benzene rings is 2. The molecule has 2 aromatic rings. The number of nitrogens with one attached hydrogen (secondary N) is 2. The number of phenolic OH excluding ortho intramolecular Hbond substituents is 1. The molecule has 5 nitrogen and oxygen atoms in total. The first kappa shape index (κ1) is 19.5. The van der Waals surface area contributed by atoms with Gasteiger partial charge in [0.05, 0.1) is 5.60 Å². The third-order valence-electron chi connectivity index (χ3n) is 4.19. The summed E-state index contributed by atoms with van der Waals surface area (Å²) >= 11 is 5.98. The number of hydrogen-bond acceptors (Lipinski definition) is 4. The molecule has 1 heterocycles. The van der Waals surface area contributed by atoms with Gasteiger partial charge in [0, 0.05) is 29.2 Å². The standard InChI is InChI=1S/C18H19ClN2O3.ClH/c19-14-4-5-16(22)15(9-14)12-2-1-3-13(8-12)17(23)21-11-18(24)6-7-20-10-18;/h1-5,8-9,20,22,24H,6-7,10-11H2,(H,21,23);1H. The van der Waals surface area contributed by atoms with Crippen LogP contribution in [-0.2, 0) is 0 Å². The van der Waals surface area contributed by atoms with E-state index in [1.54, 1.807) is 36.4 Å². The van der Waals surface area contributed by atoms with Crippen LogP contribution in [0.1, 0.15) is 16.8 Å². The molecule has 1 aliphatic heterocycles. The molecule has 2 aromatic carbocycles. The summed E-state index contributed by atoms with van der Waals surface area (Å²) in [6.45, 7) is 1.42. The second kappa shape index (κ2) is 8.06. The number of aliphatic hydroxyl groups is 1. The predicted molar refractivity (Wildman–Crippen MR) is 101 cm³/mol. The van der Waals surface area contributed by atoms with E-state index in [2.05, 4.69) is 10.6 Å². The Balaban J connectivity index is 0.00000225. The lowest BCUT2D eigenvalue weighted by Gasteiger charge is -2.21. The second-order valence-electron chi connectivity index (χ2n) is 6.08. The van der Waals surface area contributed by atoms with Crippen LogP contribution in [0.2, 0.25) is 5.02 Å². The summed E-state index contributed by atoms with van der Waals surface area (Å²) in [4.78, 5) is 12.3. The maximum absolute atomic E-state index is 12.3. The van der Waals surface area contributed by atoms with Crippen LogP contribution in [0.3, 0.4) is 0 Å². The second-order valence-corrected chi connectivity index (χ2v) is 6.51. The molecule has 0 bridgehead atoms. The molecule has 4 N–H and O–H groups in total. The summed E-state index contributed by atoms with van der Waals surface area (Å²) in [5.41, 5.74) is 0.833. The summed E-state index contributed by atoms with van der Waals surface area (Å²) in [5, 5.41) is 26.6. The first-order valence-electron chi connectivity index (χ1n) is 7.77. The highest BCUT2D eigenvalue weighted by atomic mass is 35.5. The zero-order valence-corrected chi connectivity index (χ0v) is 15.0. The normalized spacial score (nSPS) is 19.3. The van der Waals surface area contributed by atoms with Crippen LogP contribution in [0.15, 0.2) is 42.5 Å². The van der Waals surface area contributed by atoms with Gasteiger partial charge in [-0.05, 0) is 48.9 Å². The van der Waals surface area contributed by atoms with E-state index in [4.69, 9.17) is 11.6 Å². The number of aromatic hydroxyl groups is 1. The molecule has 1 amide bonds. The molecule has 1 aliphatic rings. The lowest BCUT2D eigenvalue weighted by Crippen LogP contribution is -2.44. The largest absolute Gasteiger partial charge is 0.507 e. The highest BCUT2D eigenvalue weighted by Crippen LogP contribution is 2.32. The van der Waals surface area contributed by atoms with Crippen molar-refractivity contribution < 1.29 is 15.0 Å². The zero-order valence-electron chi connectivity index (χ0n) is 13.5. The smallest absolute Gasteiger partial charge is 0.251 e. The van der Waals surface area contributed by atoms with Crippen molar-refractivity contribution >= 4 is 29.9 Å². The van der Waals surface area contributed by atoms with Crippen molar-refractivity contribution in [2.75, 3.05) is 19.6 Å². The van der Waals surface area contributed by atoms with Crippen LogP contribution in [0.4, 0.5) is 0 Å². The molecule has 134 valence electrons. The van der Waals surface area contributed by atoms with E-state index in [-0.39, 0.29) is 30.6 Å². The predicted octanol–water partition coefficient (Wildman–Crippen LogP) is 2.59. The van der Waals surface area contributed by atoms with Crippen molar-refractivity contribution in [3.8, 4) is 16.9 Å². The number of halogens is 2. The van der Waals surface area contributed by atoms with E-state index >= 15 is 0 Å². The molecule has 1 saturated heterocycles. The van der Waals surface area contributed by atoms with E-state index in [0.29, 0.717) is 34.7 Å². The van der Waals surface area contributed by atoms with Crippen LogP contribution in [0.25, 0.3) is 11.1 Å². The van der Waals surface area contributed by atoms with Gasteiger partial charge in [0.25, 0.3) is 5.91 Å². The van der Waals surface area contributed by atoms with Crippen molar-refractivity contribution in [1.82, 2.24) is 10.6 Å². The minimum atomic E-state index is -0.890. The summed E-state index contributed by atoms with van der Waals surface area (Å²) in [7, 11) is 0. The quantitative estimate of drug-likeness (QED) is 0.654. The topological polar surface area (TPSA) is 81.6 Å². The van der Waals surface area contributed by atoms with Crippen LogP contribution in [0.5, 0.6) is 5.75 Å². The van der Waals surface area contributed by atoms with Crippen LogP contribution in [0, 0.1) is 0 Å². The number of rotatable bonds is 4. The van der Waals surface area contributed by atoms with E-state index < -0.39 is 5.60 Å². The molecule has 7 heteroatoms. The zero-order chi connectivity index (χ0) is 17.2. The third-order valence-corrected chi connectivity index (χ3v) is 4.43. The highest BCUT2D eigenvalue weighted by molar-refractivity contribution is 6.31. The fourth-order valence-electron chi connectivity index (χ4n) is 2.80. The Bertz CT molecular complexity index is 762. The first-order valence-corrected chi connectivity index (χ1v) is 8.15. The van der Waals surface area contributed by atoms with Gasteiger partial charge < -0.3 is 20.8 Å². The molecule has 3 rings (SSSR count). The summed E-state index contributed by atoms with van der Waals surface area (Å²) in [6, 6.07) is 11.7.